The Bertz CT molecular complexity index is 940. The first-order valence-corrected chi connectivity index (χ1v) is 9.36. The number of aromatic hydroxyl groups is 1. The minimum absolute atomic E-state index is 0.135. The molecule has 0 aliphatic carbocycles. The van der Waals surface area contributed by atoms with Crippen molar-refractivity contribution in [2.45, 2.75) is 26.4 Å². The number of aromatic amines is 1. The van der Waals surface area contributed by atoms with Crippen LogP contribution in [-0.4, -0.2) is 38.3 Å². The van der Waals surface area contributed by atoms with E-state index < -0.39 is 0 Å². The van der Waals surface area contributed by atoms with Crippen molar-refractivity contribution >= 4 is 11.6 Å². The Kier molecular flexibility index (Phi) is 5.01. The second-order valence-corrected chi connectivity index (χ2v) is 7.08. The van der Waals surface area contributed by atoms with Gasteiger partial charge in [0.2, 0.25) is 0 Å². The average Bonchev–Trinajstić information content (AvgIpc) is 3.01. The Hall–Kier alpha value is -2.57. The van der Waals surface area contributed by atoms with E-state index in [1.54, 1.807) is 18.3 Å². The van der Waals surface area contributed by atoms with Crippen LogP contribution in [0.5, 0.6) is 11.5 Å². The van der Waals surface area contributed by atoms with Crippen LogP contribution >= 0.6 is 11.6 Å². The Balaban J connectivity index is 1.61. The predicted octanol–water partition coefficient (Wildman–Crippen LogP) is 3.79. The van der Waals surface area contributed by atoms with Crippen LogP contribution in [0.15, 0.2) is 36.5 Å². The summed E-state index contributed by atoms with van der Waals surface area (Å²) in [6, 6.07) is 9.44. The highest BCUT2D eigenvalue weighted by atomic mass is 35.5. The Morgan fingerprint density at radius 2 is 2.19 bits per heavy atom. The molecule has 6 nitrogen and oxygen atoms in total. The summed E-state index contributed by atoms with van der Waals surface area (Å²) in [5.74, 6) is 0.685. The van der Waals surface area contributed by atoms with E-state index in [1.165, 1.54) is 0 Å². The lowest BCUT2D eigenvalue weighted by Crippen LogP contribution is -2.25. The van der Waals surface area contributed by atoms with Gasteiger partial charge in [0, 0.05) is 42.7 Å². The minimum atomic E-state index is 0.135. The number of phenolic OH excluding ortho intramolecular Hbond substituents is 1. The molecule has 0 unspecified atom stereocenters. The summed E-state index contributed by atoms with van der Waals surface area (Å²) < 4.78 is 5.82. The normalized spacial score (nSPS) is 14.4. The van der Waals surface area contributed by atoms with Crippen molar-refractivity contribution in [1.82, 2.24) is 20.1 Å². The maximum Gasteiger partial charge on any atom is 0.165 e. The molecule has 1 aromatic carbocycles. The van der Waals surface area contributed by atoms with Gasteiger partial charge in [0.05, 0.1) is 16.4 Å². The minimum Gasteiger partial charge on any atom is -0.504 e. The van der Waals surface area contributed by atoms with E-state index in [4.69, 9.17) is 16.3 Å². The van der Waals surface area contributed by atoms with E-state index in [1.807, 2.05) is 12.1 Å². The van der Waals surface area contributed by atoms with Gasteiger partial charge in [-0.05, 0) is 36.8 Å². The molecule has 2 aromatic heterocycles. The van der Waals surface area contributed by atoms with Gasteiger partial charge < -0.3 is 9.84 Å². The second-order valence-electron chi connectivity index (χ2n) is 6.64. The highest BCUT2D eigenvalue weighted by molar-refractivity contribution is 6.30. The summed E-state index contributed by atoms with van der Waals surface area (Å²) in [7, 11) is 0. The first kappa shape index (κ1) is 17.8. The third-order valence-electron chi connectivity index (χ3n) is 4.66. The van der Waals surface area contributed by atoms with Crippen LogP contribution in [0.1, 0.15) is 23.9 Å². The number of hydrogen-bond acceptors (Lipinski definition) is 5. The first-order valence-electron chi connectivity index (χ1n) is 8.98. The van der Waals surface area contributed by atoms with Crippen LogP contribution in [0, 0.1) is 0 Å². The zero-order valence-corrected chi connectivity index (χ0v) is 15.8. The molecular weight excluding hydrogens is 364 g/mol. The van der Waals surface area contributed by atoms with Crippen LogP contribution in [0.2, 0.25) is 5.02 Å². The quantitative estimate of drug-likeness (QED) is 0.715. The summed E-state index contributed by atoms with van der Waals surface area (Å²) in [6.45, 7) is 4.80. The average molecular weight is 385 g/mol. The maximum atomic E-state index is 10.5. The largest absolute Gasteiger partial charge is 0.504 e. The Morgan fingerprint density at radius 3 is 2.93 bits per heavy atom. The Morgan fingerprint density at radius 1 is 1.30 bits per heavy atom. The zero-order chi connectivity index (χ0) is 18.8. The van der Waals surface area contributed by atoms with Crippen molar-refractivity contribution in [2.24, 2.45) is 0 Å². The fourth-order valence-electron chi connectivity index (χ4n) is 3.29. The fraction of sp³-hybridized carbons (Fsp3) is 0.300. The van der Waals surface area contributed by atoms with Crippen molar-refractivity contribution in [3.8, 4) is 22.8 Å². The van der Waals surface area contributed by atoms with Gasteiger partial charge in [-0.15, -0.1) is 0 Å². The monoisotopic (exact) mass is 384 g/mol. The van der Waals surface area contributed by atoms with Gasteiger partial charge >= 0.3 is 0 Å². The van der Waals surface area contributed by atoms with E-state index in [0.29, 0.717) is 23.9 Å². The molecule has 3 aromatic rings. The van der Waals surface area contributed by atoms with E-state index >= 15 is 0 Å². The molecule has 0 spiro atoms. The summed E-state index contributed by atoms with van der Waals surface area (Å²) in [6.07, 6.45) is 2.51. The van der Waals surface area contributed by atoms with Gasteiger partial charge in [0.1, 0.15) is 6.61 Å². The van der Waals surface area contributed by atoms with Crippen LogP contribution in [0.25, 0.3) is 11.3 Å². The number of halogens is 1. The van der Waals surface area contributed by atoms with Gasteiger partial charge in [0.15, 0.2) is 11.5 Å². The number of nitrogens with one attached hydrogen (secondary N) is 1. The third-order valence-corrected chi connectivity index (χ3v) is 4.88. The fourth-order valence-corrected chi connectivity index (χ4v) is 3.41. The highest BCUT2D eigenvalue weighted by Crippen LogP contribution is 2.37. The molecule has 1 aliphatic rings. The molecule has 7 heteroatoms. The third kappa shape index (κ3) is 3.91. The number of aromatic nitrogens is 3. The number of phenols is 1. The summed E-state index contributed by atoms with van der Waals surface area (Å²) in [5.41, 5.74) is 4.67. The molecule has 0 bridgehead atoms. The van der Waals surface area contributed by atoms with E-state index in [2.05, 4.69) is 33.1 Å². The molecule has 0 saturated heterocycles. The number of nitrogens with zero attached hydrogens (tertiary/aromatic N) is 3. The number of ether oxygens (including phenoxy) is 1. The molecule has 140 valence electrons. The predicted molar refractivity (Wildman–Crippen MR) is 104 cm³/mol. The number of pyridine rings is 1. The van der Waals surface area contributed by atoms with Gasteiger partial charge in [0.25, 0.3) is 0 Å². The lowest BCUT2D eigenvalue weighted by molar-refractivity contribution is 0.215. The molecule has 0 atom stereocenters. The van der Waals surface area contributed by atoms with Crippen molar-refractivity contribution in [3.63, 3.8) is 0 Å². The molecule has 27 heavy (non-hydrogen) atoms. The number of benzene rings is 1. The standard InChI is InChI=1S/C20H21ClN4O2/c1-2-16-9-17(24-23-16)12-25-5-6-27-20-14(11-25)7-13(8-19(20)26)18-4-3-15(21)10-22-18/h3-4,7-10,26H,2,5-6,11-12H2,1H3,(H,23,24). The molecule has 1 aliphatic heterocycles. The second kappa shape index (κ2) is 7.58. The number of H-pyrrole nitrogens is 1. The van der Waals surface area contributed by atoms with Gasteiger partial charge in [-0.1, -0.05) is 18.5 Å². The summed E-state index contributed by atoms with van der Waals surface area (Å²) in [4.78, 5) is 6.63. The molecule has 4 rings (SSSR count). The van der Waals surface area contributed by atoms with E-state index in [-0.39, 0.29) is 5.75 Å². The summed E-state index contributed by atoms with van der Waals surface area (Å²) >= 11 is 5.93. The van der Waals surface area contributed by atoms with E-state index in [9.17, 15) is 5.11 Å². The van der Waals surface area contributed by atoms with Crippen molar-refractivity contribution in [2.75, 3.05) is 13.2 Å². The zero-order valence-electron chi connectivity index (χ0n) is 15.1. The van der Waals surface area contributed by atoms with E-state index in [0.717, 1.165) is 47.7 Å². The highest BCUT2D eigenvalue weighted by Gasteiger charge is 2.20. The van der Waals surface area contributed by atoms with Crippen molar-refractivity contribution < 1.29 is 9.84 Å². The first-order chi connectivity index (χ1) is 13.1. The molecule has 0 radical (unpaired) electrons. The van der Waals surface area contributed by atoms with Crippen molar-refractivity contribution in [1.29, 1.82) is 0 Å². The van der Waals surface area contributed by atoms with Gasteiger partial charge in [-0.25, -0.2) is 0 Å². The molecule has 0 fully saturated rings. The SMILES string of the molecule is CCc1cc(CN2CCOc3c(O)cc(-c4ccc(Cl)cn4)cc3C2)[nH]n1. The molecule has 2 N–H and O–H groups in total. The maximum absolute atomic E-state index is 10.5. The molecule has 0 amide bonds. The van der Waals surface area contributed by atoms with Gasteiger partial charge in [-0.3, -0.25) is 15.0 Å². The van der Waals surface area contributed by atoms with Crippen LogP contribution in [0.4, 0.5) is 0 Å². The number of hydrogen-bond donors (Lipinski definition) is 2. The molecule has 3 heterocycles. The molecular formula is C20H21ClN4O2. The number of rotatable bonds is 4. The number of fused-ring (bicyclic) bond motifs is 1. The van der Waals surface area contributed by atoms with Crippen LogP contribution in [0.3, 0.4) is 0 Å². The topological polar surface area (TPSA) is 74.3 Å². The lowest BCUT2D eigenvalue weighted by atomic mass is 10.0. The van der Waals surface area contributed by atoms with Crippen molar-refractivity contribution in [3.05, 3.63) is 58.5 Å². The Labute approximate surface area is 162 Å². The number of aryl methyl sites for hydroxylation is 1. The van der Waals surface area contributed by atoms with Crippen LogP contribution < -0.4 is 4.74 Å². The molecule has 0 saturated carbocycles. The smallest absolute Gasteiger partial charge is 0.165 e. The lowest BCUT2D eigenvalue weighted by Gasteiger charge is -2.18. The van der Waals surface area contributed by atoms with Gasteiger partial charge in [-0.2, -0.15) is 5.10 Å². The summed E-state index contributed by atoms with van der Waals surface area (Å²) in [5, 5.41) is 18.5. The van der Waals surface area contributed by atoms with Crippen LogP contribution in [-0.2, 0) is 19.5 Å².